The van der Waals surface area contributed by atoms with Crippen LogP contribution in [0.3, 0.4) is 0 Å². The highest BCUT2D eigenvalue weighted by molar-refractivity contribution is 7.99. The van der Waals surface area contributed by atoms with Crippen LogP contribution in [0.25, 0.3) is 0 Å². The topological polar surface area (TPSA) is 26.0 Å². The highest BCUT2D eigenvalue weighted by Crippen LogP contribution is 2.19. The van der Waals surface area contributed by atoms with Gasteiger partial charge in [0.2, 0.25) is 0 Å². The Morgan fingerprint density at radius 1 is 0.722 bits per heavy atom. The third kappa shape index (κ3) is 8.60. The second kappa shape index (κ2) is 11.6. The smallest absolute Gasteiger partial charge is 0.00719 e. The van der Waals surface area contributed by atoms with E-state index in [1.165, 1.54) is 62.0 Å². The van der Waals surface area contributed by atoms with Gasteiger partial charge in [0.25, 0.3) is 0 Å². The summed E-state index contributed by atoms with van der Waals surface area (Å²) in [6.45, 7) is 0.858. The van der Waals surface area contributed by atoms with Crippen molar-refractivity contribution in [1.29, 1.82) is 0 Å². The minimum atomic E-state index is 0.858. The molecule has 0 amide bonds. The SMILES string of the molecule is NCCCCCCCCCCSc1ccccc1. The molecule has 102 valence electrons. The normalized spacial score (nSPS) is 10.7. The van der Waals surface area contributed by atoms with E-state index in [1.807, 2.05) is 11.8 Å². The first kappa shape index (κ1) is 15.6. The second-order valence-corrected chi connectivity index (χ2v) is 5.95. The van der Waals surface area contributed by atoms with Crippen LogP contribution in [0.5, 0.6) is 0 Å². The maximum Gasteiger partial charge on any atom is 0.00719 e. The Morgan fingerprint density at radius 2 is 1.28 bits per heavy atom. The number of benzene rings is 1. The summed E-state index contributed by atoms with van der Waals surface area (Å²) in [4.78, 5) is 1.40. The van der Waals surface area contributed by atoms with E-state index in [0.29, 0.717) is 0 Å². The molecule has 0 atom stereocenters. The molecule has 0 fully saturated rings. The summed E-state index contributed by atoms with van der Waals surface area (Å²) in [6.07, 6.45) is 10.8. The summed E-state index contributed by atoms with van der Waals surface area (Å²) in [7, 11) is 0. The maximum absolute atomic E-state index is 5.47. The molecule has 0 aliphatic rings. The average molecular weight is 265 g/mol. The Kier molecular flexibility index (Phi) is 10.1. The molecule has 2 N–H and O–H groups in total. The molecule has 0 aromatic heterocycles. The number of hydrogen-bond acceptors (Lipinski definition) is 2. The van der Waals surface area contributed by atoms with Crippen molar-refractivity contribution in [3.8, 4) is 0 Å². The van der Waals surface area contributed by atoms with E-state index in [4.69, 9.17) is 5.73 Å². The molecule has 0 spiro atoms. The van der Waals surface area contributed by atoms with Gasteiger partial charge in [-0.3, -0.25) is 0 Å². The van der Waals surface area contributed by atoms with Crippen molar-refractivity contribution >= 4 is 11.8 Å². The van der Waals surface area contributed by atoms with Gasteiger partial charge >= 0.3 is 0 Å². The number of unbranched alkanes of at least 4 members (excludes halogenated alkanes) is 7. The Hall–Kier alpha value is -0.470. The van der Waals surface area contributed by atoms with E-state index < -0.39 is 0 Å². The molecule has 0 aliphatic heterocycles. The van der Waals surface area contributed by atoms with E-state index in [-0.39, 0.29) is 0 Å². The van der Waals surface area contributed by atoms with Crippen LogP contribution in [0.1, 0.15) is 51.4 Å². The minimum Gasteiger partial charge on any atom is -0.330 e. The van der Waals surface area contributed by atoms with Crippen molar-refractivity contribution in [2.45, 2.75) is 56.3 Å². The van der Waals surface area contributed by atoms with Gasteiger partial charge in [0.05, 0.1) is 0 Å². The Labute approximate surface area is 117 Å². The fraction of sp³-hybridized carbons (Fsp3) is 0.625. The third-order valence-electron chi connectivity index (χ3n) is 3.11. The summed E-state index contributed by atoms with van der Waals surface area (Å²) in [5.74, 6) is 1.26. The molecular weight excluding hydrogens is 238 g/mol. The zero-order valence-electron chi connectivity index (χ0n) is 11.4. The predicted octanol–water partition coefficient (Wildman–Crippen LogP) is 4.86. The summed E-state index contributed by atoms with van der Waals surface area (Å²) in [5, 5.41) is 0. The first-order chi connectivity index (χ1) is 8.93. The summed E-state index contributed by atoms with van der Waals surface area (Å²) >= 11 is 1.98. The number of thioether (sulfide) groups is 1. The molecule has 1 aromatic carbocycles. The van der Waals surface area contributed by atoms with Crippen molar-refractivity contribution in [1.82, 2.24) is 0 Å². The second-order valence-electron chi connectivity index (χ2n) is 4.78. The van der Waals surface area contributed by atoms with Gasteiger partial charge < -0.3 is 5.73 Å². The van der Waals surface area contributed by atoms with Gasteiger partial charge in [-0.1, -0.05) is 56.7 Å². The van der Waals surface area contributed by atoms with Crippen LogP contribution in [0.2, 0.25) is 0 Å². The predicted molar refractivity (Wildman–Crippen MR) is 83.2 cm³/mol. The monoisotopic (exact) mass is 265 g/mol. The Balaban J connectivity index is 1.82. The van der Waals surface area contributed by atoms with Crippen molar-refractivity contribution in [3.63, 3.8) is 0 Å². The van der Waals surface area contributed by atoms with Gasteiger partial charge in [-0.2, -0.15) is 0 Å². The lowest BCUT2D eigenvalue weighted by atomic mass is 10.1. The van der Waals surface area contributed by atoms with Crippen LogP contribution in [0, 0.1) is 0 Å². The standard InChI is InChI=1S/C16H27NS/c17-14-10-5-3-1-2-4-6-11-15-18-16-12-8-7-9-13-16/h7-9,12-13H,1-6,10-11,14-15,17H2. The lowest BCUT2D eigenvalue weighted by Crippen LogP contribution is -1.97. The molecule has 0 saturated carbocycles. The molecule has 1 rings (SSSR count). The Bertz CT molecular complexity index is 274. The maximum atomic E-state index is 5.47. The van der Waals surface area contributed by atoms with Crippen molar-refractivity contribution in [2.75, 3.05) is 12.3 Å². The molecule has 1 nitrogen and oxygen atoms in total. The molecular formula is C16H27NS. The van der Waals surface area contributed by atoms with E-state index in [1.54, 1.807) is 0 Å². The van der Waals surface area contributed by atoms with E-state index in [9.17, 15) is 0 Å². The zero-order valence-corrected chi connectivity index (χ0v) is 12.3. The fourth-order valence-corrected chi connectivity index (χ4v) is 2.95. The zero-order chi connectivity index (χ0) is 12.9. The van der Waals surface area contributed by atoms with Gasteiger partial charge in [-0.05, 0) is 37.3 Å². The molecule has 0 bridgehead atoms. The van der Waals surface area contributed by atoms with Gasteiger partial charge in [0.15, 0.2) is 0 Å². The van der Waals surface area contributed by atoms with E-state index in [2.05, 4.69) is 30.3 Å². The molecule has 1 aromatic rings. The first-order valence-corrected chi connectivity index (χ1v) is 8.30. The Morgan fingerprint density at radius 3 is 1.89 bits per heavy atom. The number of hydrogen-bond donors (Lipinski definition) is 1. The fourth-order valence-electron chi connectivity index (χ4n) is 2.01. The molecule has 0 radical (unpaired) electrons. The molecule has 0 heterocycles. The van der Waals surface area contributed by atoms with Crippen LogP contribution in [-0.2, 0) is 0 Å². The summed E-state index contributed by atoms with van der Waals surface area (Å²) in [6, 6.07) is 10.7. The highest BCUT2D eigenvalue weighted by Gasteiger charge is 1.94. The minimum absolute atomic E-state index is 0.858. The molecule has 0 aliphatic carbocycles. The van der Waals surface area contributed by atoms with Gasteiger partial charge in [-0.15, -0.1) is 11.8 Å². The third-order valence-corrected chi connectivity index (χ3v) is 4.21. The van der Waals surface area contributed by atoms with Crippen molar-refractivity contribution in [2.24, 2.45) is 5.73 Å². The first-order valence-electron chi connectivity index (χ1n) is 7.31. The van der Waals surface area contributed by atoms with Crippen molar-refractivity contribution < 1.29 is 0 Å². The quantitative estimate of drug-likeness (QED) is 0.457. The lowest BCUT2D eigenvalue weighted by Gasteiger charge is -2.02. The van der Waals surface area contributed by atoms with Gasteiger partial charge in [0.1, 0.15) is 0 Å². The largest absolute Gasteiger partial charge is 0.330 e. The van der Waals surface area contributed by atoms with Crippen LogP contribution in [-0.4, -0.2) is 12.3 Å². The van der Waals surface area contributed by atoms with Crippen LogP contribution >= 0.6 is 11.8 Å². The van der Waals surface area contributed by atoms with Crippen LogP contribution < -0.4 is 5.73 Å². The van der Waals surface area contributed by atoms with Gasteiger partial charge in [0, 0.05) is 4.90 Å². The van der Waals surface area contributed by atoms with E-state index >= 15 is 0 Å². The van der Waals surface area contributed by atoms with Crippen LogP contribution in [0.15, 0.2) is 35.2 Å². The van der Waals surface area contributed by atoms with Crippen LogP contribution in [0.4, 0.5) is 0 Å². The van der Waals surface area contributed by atoms with Crippen molar-refractivity contribution in [3.05, 3.63) is 30.3 Å². The number of rotatable bonds is 11. The molecule has 0 saturated heterocycles. The lowest BCUT2D eigenvalue weighted by molar-refractivity contribution is 0.579. The molecule has 18 heavy (non-hydrogen) atoms. The number of nitrogens with two attached hydrogens (primary N) is 1. The molecule has 0 unspecified atom stereocenters. The molecule has 2 heteroatoms. The average Bonchev–Trinajstić information content (AvgIpc) is 2.42. The van der Waals surface area contributed by atoms with E-state index in [0.717, 1.165) is 6.54 Å². The van der Waals surface area contributed by atoms with Gasteiger partial charge in [-0.25, -0.2) is 0 Å². The summed E-state index contributed by atoms with van der Waals surface area (Å²) in [5.41, 5.74) is 5.47. The summed E-state index contributed by atoms with van der Waals surface area (Å²) < 4.78 is 0. The highest BCUT2D eigenvalue weighted by atomic mass is 32.2.